The van der Waals surface area contributed by atoms with Crippen molar-refractivity contribution in [2.24, 2.45) is 0 Å². The summed E-state index contributed by atoms with van der Waals surface area (Å²) in [6.07, 6.45) is 8.52. The van der Waals surface area contributed by atoms with Gasteiger partial charge in [-0.1, -0.05) is 26.7 Å². The number of anilines is 1. The molecule has 0 spiro atoms. The number of hydrogen-bond donors (Lipinski definition) is 0. The molecule has 4 nitrogen and oxygen atoms in total. The molecule has 0 aromatic carbocycles. The maximum absolute atomic E-state index is 4.88. The van der Waals surface area contributed by atoms with Crippen LogP contribution in [0, 0.1) is 0 Å². The Morgan fingerprint density at radius 3 is 2.67 bits per heavy atom. The van der Waals surface area contributed by atoms with Crippen LogP contribution in [-0.4, -0.2) is 47.1 Å². The van der Waals surface area contributed by atoms with Crippen LogP contribution in [0.15, 0.2) is 12.3 Å². The number of likely N-dealkylation sites (N-methyl/N-ethyl adjacent to an activating group) is 1. The Hall–Kier alpha value is -1.16. The molecule has 1 aromatic rings. The first-order valence-corrected chi connectivity index (χ1v) is 8.63. The Bertz CT molecular complexity index is 452. The molecule has 1 saturated heterocycles. The second-order valence-electron chi connectivity index (χ2n) is 6.37. The zero-order valence-corrected chi connectivity index (χ0v) is 13.5. The van der Waals surface area contributed by atoms with E-state index in [4.69, 9.17) is 4.98 Å². The third kappa shape index (κ3) is 3.20. The Kier molecular flexibility index (Phi) is 4.73. The molecule has 0 unspecified atom stereocenters. The highest BCUT2D eigenvalue weighted by Crippen LogP contribution is 2.33. The molecule has 0 bridgehead atoms. The average Bonchev–Trinajstić information content (AvgIpc) is 3.21. The fourth-order valence-corrected chi connectivity index (χ4v) is 3.92. The van der Waals surface area contributed by atoms with Crippen molar-refractivity contribution in [3.05, 3.63) is 18.0 Å². The second kappa shape index (κ2) is 6.73. The normalized spacial score (nSPS) is 23.4. The van der Waals surface area contributed by atoms with Gasteiger partial charge in [-0.2, -0.15) is 0 Å². The number of rotatable bonds is 5. The Morgan fingerprint density at radius 2 is 1.95 bits per heavy atom. The fourth-order valence-electron chi connectivity index (χ4n) is 3.92. The van der Waals surface area contributed by atoms with Gasteiger partial charge in [0, 0.05) is 36.9 Å². The molecule has 0 radical (unpaired) electrons. The van der Waals surface area contributed by atoms with Gasteiger partial charge < -0.3 is 4.90 Å². The van der Waals surface area contributed by atoms with Crippen LogP contribution >= 0.6 is 0 Å². The summed E-state index contributed by atoms with van der Waals surface area (Å²) in [5.74, 6) is 1.63. The molecule has 4 heteroatoms. The number of nitrogens with zero attached hydrogens (tertiary/aromatic N) is 4. The summed E-state index contributed by atoms with van der Waals surface area (Å²) in [6, 6.07) is 2.79. The zero-order chi connectivity index (χ0) is 14.7. The highest BCUT2D eigenvalue weighted by atomic mass is 15.3. The van der Waals surface area contributed by atoms with Crippen molar-refractivity contribution in [3.8, 4) is 0 Å². The maximum atomic E-state index is 4.88. The van der Waals surface area contributed by atoms with Gasteiger partial charge in [0.2, 0.25) is 5.95 Å². The summed E-state index contributed by atoms with van der Waals surface area (Å²) in [5, 5.41) is 0. The highest BCUT2D eigenvalue weighted by molar-refractivity contribution is 5.33. The summed E-state index contributed by atoms with van der Waals surface area (Å²) in [7, 11) is 0. The highest BCUT2D eigenvalue weighted by Gasteiger charge is 2.28. The summed E-state index contributed by atoms with van der Waals surface area (Å²) in [5.41, 5.74) is 1.27. The monoisotopic (exact) mass is 288 g/mol. The molecule has 3 rings (SSSR count). The van der Waals surface area contributed by atoms with E-state index in [0.29, 0.717) is 12.0 Å². The van der Waals surface area contributed by atoms with Crippen molar-refractivity contribution in [2.75, 3.05) is 31.1 Å². The summed E-state index contributed by atoms with van der Waals surface area (Å²) < 4.78 is 0. The second-order valence-corrected chi connectivity index (χ2v) is 6.37. The summed E-state index contributed by atoms with van der Waals surface area (Å²) in [6.45, 7) is 8.95. The van der Waals surface area contributed by atoms with Crippen molar-refractivity contribution in [1.29, 1.82) is 0 Å². The molecule has 1 aliphatic carbocycles. The third-order valence-electron chi connectivity index (χ3n) is 5.21. The van der Waals surface area contributed by atoms with Crippen LogP contribution in [0.25, 0.3) is 0 Å². The van der Waals surface area contributed by atoms with E-state index in [2.05, 4.69) is 34.7 Å². The van der Waals surface area contributed by atoms with Gasteiger partial charge in [0.05, 0.1) is 0 Å². The van der Waals surface area contributed by atoms with Crippen molar-refractivity contribution >= 4 is 5.95 Å². The van der Waals surface area contributed by atoms with E-state index < -0.39 is 0 Å². The van der Waals surface area contributed by atoms with Gasteiger partial charge >= 0.3 is 0 Å². The number of hydrogen-bond acceptors (Lipinski definition) is 4. The lowest BCUT2D eigenvalue weighted by atomic mass is 10.0. The molecule has 116 valence electrons. The van der Waals surface area contributed by atoms with E-state index in [1.54, 1.807) is 0 Å². The molecular weight excluding hydrogens is 260 g/mol. The molecular formula is C17H28N4. The van der Waals surface area contributed by atoms with Crippen LogP contribution in [0.2, 0.25) is 0 Å². The average molecular weight is 288 g/mol. The molecule has 1 saturated carbocycles. The first-order valence-electron chi connectivity index (χ1n) is 8.63. The Balaban J connectivity index is 1.68. The minimum absolute atomic E-state index is 0.665. The van der Waals surface area contributed by atoms with Crippen LogP contribution in [0.3, 0.4) is 0 Å². The quantitative estimate of drug-likeness (QED) is 0.833. The molecule has 2 aliphatic rings. The van der Waals surface area contributed by atoms with Gasteiger partial charge in [-0.25, -0.2) is 9.97 Å². The minimum Gasteiger partial charge on any atom is -0.339 e. The zero-order valence-electron chi connectivity index (χ0n) is 13.5. The van der Waals surface area contributed by atoms with E-state index in [-0.39, 0.29) is 0 Å². The van der Waals surface area contributed by atoms with Gasteiger partial charge in [-0.15, -0.1) is 0 Å². The van der Waals surface area contributed by atoms with E-state index in [1.165, 1.54) is 37.8 Å². The number of aromatic nitrogens is 2. The van der Waals surface area contributed by atoms with Gasteiger partial charge in [0.1, 0.15) is 0 Å². The Labute approximate surface area is 128 Å². The van der Waals surface area contributed by atoms with Crippen molar-refractivity contribution in [1.82, 2.24) is 14.9 Å². The van der Waals surface area contributed by atoms with Crippen LogP contribution in [0.4, 0.5) is 5.95 Å². The van der Waals surface area contributed by atoms with Crippen LogP contribution in [-0.2, 0) is 0 Å². The molecule has 2 heterocycles. The summed E-state index contributed by atoms with van der Waals surface area (Å²) in [4.78, 5) is 14.3. The van der Waals surface area contributed by atoms with E-state index >= 15 is 0 Å². The predicted octanol–water partition coefficient (Wildman–Crippen LogP) is 3.05. The van der Waals surface area contributed by atoms with Gasteiger partial charge in [-0.3, -0.25) is 4.90 Å². The maximum Gasteiger partial charge on any atom is 0.225 e. The minimum atomic E-state index is 0.665. The van der Waals surface area contributed by atoms with E-state index in [9.17, 15) is 0 Å². The molecule has 1 aromatic heterocycles. The van der Waals surface area contributed by atoms with Crippen LogP contribution < -0.4 is 4.90 Å². The van der Waals surface area contributed by atoms with Crippen LogP contribution in [0.1, 0.15) is 57.6 Å². The Morgan fingerprint density at radius 1 is 1.19 bits per heavy atom. The van der Waals surface area contributed by atoms with E-state index in [0.717, 1.165) is 32.1 Å². The third-order valence-corrected chi connectivity index (χ3v) is 5.21. The first kappa shape index (κ1) is 14.8. The molecule has 0 N–H and O–H groups in total. The SMILES string of the molecule is CCN(CC)[C@@H]1CCN(c2nccc(C3CCCC3)n2)C1. The lowest BCUT2D eigenvalue weighted by Crippen LogP contribution is -2.37. The lowest BCUT2D eigenvalue weighted by molar-refractivity contribution is 0.232. The molecule has 1 atom stereocenters. The van der Waals surface area contributed by atoms with Crippen LogP contribution in [0.5, 0.6) is 0 Å². The summed E-state index contributed by atoms with van der Waals surface area (Å²) >= 11 is 0. The molecule has 1 aliphatic heterocycles. The topological polar surface area (TPSA) is 32.3 Å². The standard InChI is InChI=1S/C17H28N4/c1-3-20(4-2)15-10-12-21(13-15)17-18-11-9-16(19-17)14-7-5-6-8-14/h9,11,14-15H,3-8,10,12-13H2,1-2H3/t15-/m1/s1. The van der Waals surface area contributed by atoms with Gasteiger partial charge in [-0.05, 0) is 38.4 Å². The largest absolute Gasteiger partial charge is 0.339 e. The first-order chi connectivity index (χ1) is 10.3. The van der Waals surface area contributed by atoms with Gasteiger partial charge in [0.25, 0.3) is 0 Å². The van der Waals surface area contributed by atoms with E-state index in [1.807, 2.05) is 6.20 Å². The fraction of sp³-hybridized carbons (Fsp3) is 0.765. The molecule has 0 amide bonds. The predicted molar refractivity (Wildman–Crippen MR) is 86.8 cm³/mol. The van der Waals surface area contributed by atoms with Crippen molar-refractivity contribution < 1.29 is 0 Å². The van der Waals surface area contributed by atoms with Crippen molar-refractivity contribution in [3.63, 3.8) is 0 Å². The molecule has 2 fully saturated rings. The lowest BCUT2D eigenvalue weighted by Gasteiger charge is -2.26. The molecule has 21 heavy (non-hydrogen) atoms. The van der Waals surface area contributed by atoms with Crippen molar-refractivity contribution in [2.45, 2.75) is 57.9 Å². The van der Waals surface area contributed by atoms with Gasteiger partial charge in [0.15, 0.2) is 0 Å². The smallest absolute Gasteiger partial charge is 0.225 e.